The maximum absolute atomic E-state index is 9.58. The number of hydrogen-bond acceptors (Lipinski definition) is 3. The molecule has 0 rings (SSSR count). The van der Waals surface area contributed by atoms with Crippen LogP contribution >= 0.6 is 0 Å². The van der Waals surface area contributed by atoms with Gasteiger partial charge in [0.15, 0.2) is 0 Å². The Hall–Kier alpha value is -0.610. The highest BCUT2D eigenvalue weighted by Gasteiger charge is 1.89. The zero-order chi connectivity index (χ0) is 9.98. The van der Waals surface area contributed by atoms with Gasteiger partial charge >= 0.3 is 0 Å². The summed E-state index contributed by atoms with van der Waals surface area (Å²) < 4.78 is 0. The molecule has 12 heavy (non-hydrogen) atoms. The minimum Gasteiger partial charge on any atom is -0.304 e. The van der Waals surface area contributed by atoms with Crippen LogP contribution < -0.4 is 11.3 Å². The molecule has 4 nitrogen and oxygen atoms in total. The Morgan fingerprint density at radius 3 is 1.50 bits per heavy atom. The zero-order valence-corrected chi connectivity index (χ0v) is 8.55. The van der Waals surface area contributed by atoms with E-state index < -0.39 is 0 Å². The van der Waals surface area contributed by atoms with E-state index in [1.54, 1.807) is 0 Å². The number of hydrazine groups is 1. The molecular weight excluding hydrogens is 154 g/mol. The van der Waals surface area contributed by atoms with Crippen LogP contribution in [0.5, 0.6) is 0 Å². The van der Waals surface area contributed by atoms with Gasteiger partial charge in [0.25, 0.3) is 0 Å². The van der Waals surface area contributed by atoms with Crippen LogP contribution in [0.4, 0.5) is 0 Å². The van der Waals surface area contributed by atoms with Crippen LogP contribution in [0.1, 0.15) is 27.7 Å². The fraction of sp³-hybridized carbons (Fsp3) is 0.875. The fourth-order valence-corrected chi connectivity index (χ4v) is 0.671. The molecule has 0 aliphatic rings. The summed E-state index contributed by atoms with van der Waals surface area (Å²) in [6, 6.07) is 0. The Balaban J connectivity index is 0. The second-order valence-electron chi connectivity index (χ2n) is 2.32. The fourth-order valence-electron chi connectivity index (χ4n) is 0.671. The van der Waals surface area contributed by atoms with Crippen LogP contribution in [0.2, 0.25) is 0 Å². The number of hydrogen-bond donors (Lipinski definition) is 2. The lowest BCUT2D eigenvalue weighted by molar-refractivity contribution is -0.119. The highest BCUT2D eigenvalue weighted by molar-refractivity contribution is 5.71. The molecule has 0 aliphatic carbocycles. The van der Waals surface area contributed by atoms with E-state index in [1.165, 1.54) is 26.6 Å². The summed E-state index contributed by atoms with van der Waals surface area (Å²) in [5.74, 6) is 4.35. The number of carbonyl (C=O) groups is 1. The topological polar surface area (TPSA) is 58.4 Å². The average Bonchev–Trinajstić information content (AvgIpc) is 2.09. The lowest BCUT2D eigenvalue weighted by atomic mass is 10.5. The van der Waals surface area contributed by atoms with Crippen molar-refractivity contribution in [3.8, 4) is 0 Å². The molecule has 0 aromatic heterocycles. The highest BCUT2D eigenvalue weighted by Crippen LogP contribution is 1.81. The molecular formula is C8H21N3O. The molecule has 0 spiro atoms. The summed E-state index contributed by atoms with van der Waals surface area (Å²) in [5.41, 5.74) is 1.89. The van der Waals surface area contributed by atoms with Crippen LogP contribution in [-0.2, 0) is 4.79 Å². The summed E-state index contributed by atoms with van der Waals surface area (Å²) in [7, 11) is 0. The van der Waals surface area contributed by atoms with Gasteiger partial charge in [0.2, 0.25) is 5.91 Å². The van der Waals surface area contributed by atoms with Crippen molar-refractivity contribution in [3.63, 3.8) is 0 Å². The molecule has 0 saturated heterocycles. The van der Waals surface area contributed by atoms with E-state index in [0.717, 1.165) is 0 Å². The second-order valence-corrected chi connectivity index (χ2v) is 2.32. The van der Waals surface area contributed by atoms with Gasteiger partial charge in [-0.1, -0.05) is 20.8 Å². The molecule has 0 aliphatic heterocycles. The Morgan fingerprint density at radius 2 is 1.50 bits per heavy atom. The first-order chi connectivity index (χ1) is 5.62. The minimum absolute atomic E-state index is 0.218. The maximum Gasteiger partial charge on any atom is 0.230 e. The number of nitrogens with zero attached hydrogens (tertiary/aromatic N) is 1. The third-order valence-corrected chi connectivity index (χ3v) is 1.54. The molecule has 0 unspecified atom stereocenters. The van der Waals surface area contributed by atoms with Crippen molar-refractivity contribution in [2.24, 2.45) is 5.84 Å². The van der Waals surface area contributed by atoms with Crippen molar-refractivity contribution >= 4 is 5.91 Å². The van der Waals surface area contributed by atoms with Gasteiger partial charge in [0.1, 0.15) is 0 Å². The highest BCUT2D eigenvalue weighted by atomic mass is 16.2. The number of nitrogens with two attached hydrogens (primary N) is 1. The van der Waals surface area contributed by atoms with Gasteiger partial charge in [-0.25, -0.2) is 5.84 Å². The van der Waals surface area contributed by atoms with Crippen LogP contribution in [0, 0.1) is 0 Å². The average molecular weight is 175 g/mol. The van der Waals surface area contributed by atoms with E-state index in [-0.39, 0.29) is 5.91 Å². The second kappa shape index (κ2) is 10.4. The summed E-state index contributed by atoms with van der Waals surface area (Å²) in [6.07, 6.45) is 0. The van der Waals surface area contributed by atoms with E-state index in [4.69, 9.17) is 0 Å². The number of carbonyl (C=O) groups excluding carboxylic acids is 1. The quantitative estimate of drug-likeness (QED) is 0.369. The first-order valence-corrected chi connectivity index (χ1v) is 4.31. The molecule has 0 bridgehead atoms. The normalized spacial score (nSPS) is 8.83. The Bertz CT molecular complexity index is 97.0. The molecule has 0 heterocycles. The predicted octanol–water partition coefficient (Wildman–Crippen LogP) is 0.344. The minimum atomic E-state index is -0.218. The van der Waals surface area contributed by atoms with Gasteiger partial charge in [-0.2, -0.15) is 0 Å². The number of nitrogens with one attached hydrogen (secondary N) is 1. The van der Waals surface area contributed by atoms with Crippen molar-refractivity contribution in [1.82, 2.24) is 10.3 Å². The van der Waals surface area contributed by atoms with Gasteiger partial charge in [-0.3, -0.25) is 10.2 Å². The monoisotopic (exact) mass is 175 g/mol. The molecule has 0 aromatic rings. The molecule has 0 aromatic carbocycles. The van der Waals surface area contributed by atoms with Crippen molar-refractivity contribution in [2.45, 2.75) is 27.7 Å². The standard InChI is InChI=1S/C6H15N.C2H6N2O/c1-4-7(5-2)6-3;1-2(5)4-3/h4-6H2,1-3H3;3H2,1H3,(H,4,5). The Morgan fingerprint density at radius 1 is 1.25 bits per heavy atom. The van der Waals surface area contributed by atoms with Crippen molar-refractivity contribution in [3.05, 3.63) is 0 Å². The molecule has 0 saturated carbocycles. The van der Waals surface area contributed by atoms with E-state index >= 15 is 0 Å². The van der Waals surface area contributed by atoms with Crippen molar-refractivity contribution in [2.75, 3.05) is 19.6 Å². The summed E-state index contributed by atoms with van der Waals surface area (Å²) in [6.45, 7) is 11.5. The van der Waals surface area contributed by atoms with Crippen LogP contribution in [0.15, 0.2) is 0 Å². The summed E-state index contributed by atoms with van der Waals surface area (Å²) >= 11 is 0. The van der Waals surface area contributed by atoms with Crippen LogP contribution in [0.3, 0.4) is 0 Å². The zero-order valence-electron chi connectivity index (χ0n) is 8.55. The lowest BCUT2D eigenvalue weighted by Gasteiger charge is -2.13. The molecule has 4 heteroatoms. The molecule has 1 amide bonds. The molecule has 0 fully saturated rings. The SMILES string of the molecule is CC(=O)NN.CCN(CC)CC. The molecule has 0 radical (unpaired) electrons. The Kier molecular flexibility index (Phi) is 12.1. The maximum atomic E-state index is 9.58. The van der Waals surface area contributed by atoms with Gasteiger partial charge in [0, 0.05) is 6.92 Å². The van der Waals surface area contributed by atoms with E-state index in [1.807, 2.05) is 5.43 Å². The third-order valence-electron chi connectivity index (χ3n) is 1.54. The van der Waals surface area contributed by atoms with Crippen LogP contribution in [0.25, 0.3) is 0 Å². The van der Waals surface area contributed by atoms with Gasteiger partial charge in [-0.15, -0.1) is 0 Å². The predicted molar refractivity (Wildman–Crippen MR) is 51.5 cm³/mol. The van der Waals surface area contributed by atoms with E-state index in [0.29, 0.717) is 0 Å². The van der Waals surface area contributed by atoms with Crippen molar-refractivity contribution < 1.29 is 4.79 Å². The van der Waals surface area contributed by atoms with E-state index in [2.05, 4.69) is 31.5 Å². The summed E-state index contributed by atoms with van der Waals surface area (Å²) in [5, 5.41) is 0. The van der Waals surface area contributed by atoms with E-state index in [9.17, 15) is 4.79 Å². The third kappa shape index (κ3) is 12.1. The molecule has 0 atom stereocenters. The first-order valence-electron chi connectivity index (χ1n) is 4.31. The molecule has 3 N–H and O–H groups in total. The number of rotatable bonds is 3. The van der Waals surface area contributed by atoms with Crippen LogP contribution in [-0.4, -0.2) is 30.4 Å². The first kappa shape index (κ1) is 13.9. The largest absolute Gasteiger partial charge is 0.304 e. The summed E-state index contributed by atoms with van der Waals surface area (Å²) in [4.78, 5) is 12.0. The smallest absolute Gasteiger partial charge is 0.230 e. The Labute approximate surface area is 75.1 Å². The number of amides is 1. The molecule has 74 valence electrons. The van der Waals surface area contributed by atoms with Gasteiger partial charge in [-0.05, 0) is 19.6 Å². The van der Waals surface area contributed by atoms with Gasteiger partial charge in [0.05, 0.1) is 0 Å². The lowest BCUT2D eigenvalue weighted by Crippen LogP contribution is -2.26. The van der Waals surface area contributed by atoms with Crippen molar-refractivity contribution in [1.29, 1.82) is 0 Å². The van der Waals surface area contributed by atoms with Gasteiger partial charge < -0.3 is 4.90 Å².